The lowest BCUT2D eigenvalue weighted by Gasteiger charge is -2.40. The van der Waals surface area contributed by atoms with Crippen LogP contribution in [0.25, 0.3) is 0 Å². The molecular weight excluding hydrogens is 1190 g/mol. The van der Waals surface area contributed by atoms with E-state index in [9.17, 15) is 39.0 Å². The average Bonchev–Trinajstić information content (AvgIpc) is 3.67. The molecule has 0 bridgehead atoms. The zero-order valence-corrected chi connectivity index (χ0v) is 60.1. The monoisotopic (exact) mass is 1300 g/mol. The number of carbonyl (C=O) groups is 6. The molecule has 4 amide bonds. The lowest BCUT2D eigenvalue weighted by Crippen LogP contribution is -2.61. The normalized spacial score (nSPS) is 14.4. The van der Waals surface area contributed by atoms with Crippen molar-refractivity contribution in [2.45, 2.75) is 158 Å². The zero-order chi connectivity index (χ0) is 69.2. The second-order valence-corrected chi connectivity index (χ2v) is 28.0. The van der Waals surface area contributed by atoms with Crippen LogP contribution < -0.4 is 26.0 Å². The number of rotatable bonds is 38. The smallest absolute Gasteiger partial charge is 0.331 e. The number of aliphatic hydroxyl groups is 1. The molecule has 514 valence electrons. The van der Waals surface area contributed by atoms with E-state index in [-0.39, 0.29) is 46.6 Å². The fourth-order valence-electron chi connectivity index (χ4n) is 9.64. The summed E-state index contributed by atoms with van der Waals surface area (Å²) in [5.41, 5.74) is -0.123. The number of carboxylic acids is 2. The SMILES string of the molecule is CN[C@H](C(=O)N[C@H](C(=O)N(C)[C@H](/C=C(\C)C(=O)O)C(C)C)C(C)(C)C)C(C)(C)c1ccc(OCCOCCOCCOCCOCCSC)cc1.CN[C@H](C(=O)N[C@H](C(=O)N(C)[C@H](/C=C(\C)C(=O)O)C(C)C)C(C)(C)C)C(C)(C)c1ccccc1.CSCCO. The highest BCUT2D eigenvalue weighted by atomic mass is 32.2. The maximum atomic E-state index is 13.9. The van der Waals surface area contributed by atoms with Crippen molar-refractivity contribution >= 4 is 59.1 Å². The molecule has 0 spiro atoms. The summed E-state index contributed by atoms with van der Waals surface area (Å²) in [5.74, 6) is -0.727. The molecule has 2 aromatic carbocycles. The van der Waals surface area contributed by atoms with E-state index in [1.54, 1.807) is 68.8 Å². The Labute approximate surface area is 548 Å². The molecule has 6 atom stereocenters. The highest BCUT2D eigenvalue weighted by Gasteiger charge is 2.44. The van der Waals surface area contributed by atoms with E-state index in [0.717, 1.165) is 29.2 Å². The number of benzene rings is 2. The van der Waals surface area contributed by atoms with Gasteiger partial charge in [-0.1, -0.05) is 152 Å². The predicted octanol–water partition coefficient (Wildman–Crippen LogP) is 8.34. The first-order chi connectivity index (χ1) is 41.9. The molecule has 0 aliphatic carbocycles. The van der Waals surface area contributed by atoms with E-state index in [1.165, 1.54) is 18.7 Å². The number of amides is 4. The second kappa shape index (κ2) is 43.0. The number of hydrogen-bond acceptors (Lipinski definition) is 16. The molecule has 90 heavy (non-hydrogen) atoms. The van der Waals surface area contributed by atoms with Crippen LogP contribution in [-0.2, 0) is 58.5 Å². The lowest BCUT2D eigenvalue weighted by molar-refractivity contribution is -0.141. The second-order valence-electron chi connectivity index (χ2n) is 26.1. The van der Waals surface area contributed by atoms with Crippen molar-refractivity contribution < 1.29 is 67.8 Å². The van der Waals surface area contributed by atoms with Gasteiger partial charge in [-0.25, -0.2) is 9.59 Å². The van der Waals surface area contributed by atoms with E-state index in [0.29, 0.717) is 65.2 Å². The van der Waals surface area contributed by atoms with Gasteiger partial charge in [0.1, 0.15) is 24.4 Å². The summed E-state index contributed by atoms with van der Waals surface area (Å²) in [6.45, 7) is 35.0. The van der Waals surface area contributed by atoms with Crippen molar-refractivity contribution in [2.75, 3.05) is 118 Å². The van der Waals surface area contributed by atoms with E-state index < -0.39 is 69.8 Å². The largest absolute Gasteiger partial charge is 0.491 e. The van der Waals surface area contributed by atoms with Gasteiger partial charge in [0.15, 0.2) is 0 Å². The van der Waals surface area contributed by atoms with Crippen molar-refractivity contribution in [1.82, 2.24) is 31.1 Å². The van der Waals surface area contributed by atoms with Crippen LogP contribution in [0.2, 0.25) is 0 Å². The van der Waals surface area contributed by atoms with Crippen LogP contribution >= 0.6 is 23.5 Å². The van der Waals surface area contributed by atoms with Crippen molar-refractivity contribution in [2.24, 2.45) is 22.7 Å². The number of nitrogens with one attached hydrogen (secondary N) is 4. The minimum absolute atomic E-state index is 0.0124. The molecule has 0 heterocycles. The number of carboxylic acid groups (broad SMARTS) is 2. The van der Waals surface area contributed by atoms with Crippen LogP contribution in [0.5, 0.6) is 5.75 Å². The van der Waals surface area contributed by atoms with Gasteiger partial charge in [-0.3, -0.25) is 19.2 Å². The zero-order valence-electron chi connectivity index (χ0n) is 58.5. The molecule has 22 heteroatoms. The van der Waals surface area contributed by atoms with Crippen molar-refractivity contribution in [3.8, 4) is 5.75 Å². The quantitative estimate of drug-likeness (QED) is 0.0246. The van der Waals surface area contributed by atoms with Gasteiger partial charge in [0.05, 0.1) is 83.6 Å². The molecule has 0 fully saturated rings. The third kappa shape index (κ3) is 30.1. The average molecular weight is 1310 g/mol. The standard InChI is InChI=1S/C38H65N3O9S.C27H43N3O4.C3H8OS/c1-27(2)31(26-28(3)36(44)45)41(10)35(43)33(37(4,5)6)40-34(42)32(39-9)38(7,8)29-12-14-30(15-13-29)50-23-22-48-19-18-46-16-17-47-20-21-49-24-25-51-11;1-17(2)20(16-18(3)25(33)34)30(10)24(32)22(26(4,5)6)29-23(31)21(28-9)27(7,8)19-14-12-11-13-15-19;1-5-3-2-4/h12-15,26-27,31-33,39H,16-25H2,1-11H3,(H,40,42)(H,44,45);11-17,20-22,28H,1-10H3,(H,29,31)(H,33,34);4H,2-3H2,1H3/b28-26+;18-16+;/t31-,32-,33-;20-,21-,22-;/m11./s1. The fraction of sp³-hybridized carbons (Fsp3) is 0.676. The number of thioether (sulfide) groups is 2. The van der Waals surface area contributed by atoms with Crippen LogP contribution in [0.3, 0.4) is 0 Å². The summed E-state index contributed by atoms with van der Waals surface area (Å²) < 4.78 is 27.9. The van der Waals surface area contributed by atoms with Crippen LogP contribution in [-0.4, -0.2) is 215 Å². The first-order valence-electron chi connectivity index (χ1n) is 31.0. The number of aliphatic hydroxyl groups excluding tert-OH is 1. The molecular formula is C68H116N6O14S2. The topological polar surface area (TPSA) is 264 Å². The van der Waals surface area contributed by atoms with Crippen LogP contribution in [0.4, 0.5) is 0 Å². The van der Waals surface area contributed by atoms with E-state index >= 15 is 0 Å². The summed E-state index contributed by atoms with van der Waals surface area (Å²) in [4.78, 5) is 81.0. The molecule has 0 unspecified atom stereocenters. The highest BCUT2D eigenvalue weighted by Crippen LogP contribution is 2.32. The molecule has 0 aliphatic rings. The third-order valence-electron chi connectivity index (χ3n) is 15.3. The Balaban J connectivity index is 0.00000175. The minimum atomic E-state index is -1.04. The number of likely N-dealkylation sites (N-methyl/N-ethyl adjacent to an activating group) is 4. The number of aliphatic carboxylic acids is 2. The molecule has 0 aromatic heterocycles. The van der Waals surface area contributed by atoms with Gasteiger partial charge in [0, 0.05) is 47.6 Å². The first-order valence-corrected chi connectivity index (χ1v) is 33.7. The Morgan fingerprint density at radius 3 is 1.13 bits per heavy atom. The molecule has 2 rings (SSSR count). The van der Waals surface area contributed by atoms with Gasteiger partial charge in [-0.2, -0.15) is 23.5 Å². The molecule has 20 nitrogen and oxygen atoms in total. The fourth-order valence-corrected chi connectivity index (χ4v) is 10.1. The summed E-state index contributed by atoms with van der Waals surface area (Å²) in [7, 11) is 6.77. The number of carbonyl (C=O) groups excluding carboxylic acids is 4. The molecule has 7 N–H and O–H groups in total. The van der Waals surface area contributed by atoms with E-state index in [4.69, 9.17) is 28.8 Å². The third-order valence-corrected chi connectivity index (χ3v) is 16.4. The lowest BCUT2D eigenvalue weighted by atomic mass is 9.76. The summed E-state index contributed by atoms with van der Waals surface area (Å²) >= 11 is 3.41. The Hall–Kier alpha value is -5.04. The summed E-state index contributed by atoms with van der Waals surface area (Å²) in [6, 6.07) is 13.6. The molecule has 0 saturated heterocycles. The predicted molar refractivity (Wildman–Crippen MR) is 366 cm³/mol. The number of nitrogens with zero attached hydrogens (tertiary/aromatic N) is 2. The Bertz CT molecular complexity index is 2480. The number of ether oxygens (including phenoxy) is 5. The van der Waals surface area contributed by atoms with E-state index in [1.807, 2.05) is 158 Å². The van der Waals surface area contributed by atoms with Crippen LogP contribution in [0, 0.1) is 22.7 Å². The Morgan fingerprint density at radius 1 is 0.511 bits per heavy atom. The minimum Gasteiger partial charge on any atom is -0.491 e. The van der Waals surface area contributed by atoms with Gasteiger partial charge in [0.25, 0.3) is 0 Å². The molecule has 2 aromatic rings. The maximum absolute atomic E-state index is 13.9. The maximum Gasteiger partial charge on any atom is 0.331 e. The van der Waals surface area contributed by atoms with Crippen molar-refractivity contribution in [3.63, 3.8) is 0 Å². The summed E-state index contributed by atoms with van der Waals surface area (Å²) in [6.07, 6.45) is 7.21. The van der Waals surface area contributed by atoms with Gasteiger partial charge >= 0.3 is 11.9 Å². The van der Waals surface area contributed by atoms with Crippen LogP contribution in [0.15, 0.2) is 77.9 Å². The van der Waals surface area contributed by atoms with E-state index in [2.05, 4.69) is 27.5 Å². The van der Waals surface area contributed by atoms with Gasteiger partial charge in [-0.15, -0.1) is 0 Å². The number of hydrogen-bond donors (Lipinski definition) is 7. The molecule has 0 aliphatic heterocycles. The Kier molecular flexibility index (Phi) is 40.6. The molecule has 0 radical (unpaired) electrons. The highest BCUT2D eigenvalue weighted by molar-refractivity contribution is 7.98. The van der Waals surface area contributed by atoms with Gasteiger partial charge in [0.2, 0.25) is 23.6 Å². The first kappa shape index (κ1) is 85.0. The van der Waals surface area contributed by atoms with Crippen molar-refractivity contribution in [1.29, 1.82) is 0 Å². The Morgan fingerprint density at radius 2 is 0.844 bits per heavy atom. The molecule has 0 saturated carbocycles. The van der Waals surface area contributed by atoms with Crippen molar-refractivity contribution in [3.05, 3.63) is 89.0 Å². The van der Waals surface area contributed by atoms with Gasteiger partial charge < -0.3 is 70.1 Å². The van der Waals surface area contributed by atoms with Crippen LogP contribution in [0.1, 0.15) is 122 Å². The summed E-state index contributed by atoms with van der Waals surface area (Å²) in [5, 5.41) is 39.1. The van der Waals surface area contributed by atoms with Gasteiger partial charge in [-0.05, 0) is 86.4 Å².